The summed E-state index contributed by atoms with van der Waals surface area (Å²) in [6, 6.07) is 6.45. The Kier molecular flexibility index (Phi) is 7.11. The Morgan fingerprint density at radius 1 is 1.17 bits per heavy atom. The van der Waals surface area contributed by atoms with Gasteiger partial charge in [-0.05, 0) is 51.2 Å². The molecular weight excluding hydrogens is 372 g/mol. The van der Waals surface area contributed by atoms with Crippen molar-refractivity contribution in [3.05, 3.63) is 41.1 Å². The number of nitrogens with zero attached hydrogens (tertiary/aromatic N) is 2. The van der Waals surface area contributed by atoms with E-state index < -0.39 is 12.0 Å². The molecule has 0 spiro atoms. The number of urea groups is 1. The van der Waals surface area contributed by atoms with Crippen molar-refractivity contribution in [1.82, 2.24) is 20.4 Å². The molecule has 8 heteroatoms. The molecule has 2 heterocycles. The lowest BCUT2D eigenvalue weighted by molar-refractivity contribution is -0.139. The largest absolute Gasteiger partial charge is 0.497 e. The molecule has 2 aliphatic heterocycles. The summed E-state index contributed by atoms with van der Waals surface area (Å²) in [4.78, 5) is 29.8. The SMILES string of the molecule is CCOC(=O)C1=C(CN2CCCN(C)CC2)NC(=O)N[C@H]1c1ccc(OC)cc1. The van der Waals surface area contributed by atoms with Crippen LogP contribution in [0.15, 0.2) is 35.5 Å². The van der Waals surface area contributed by atoms with E-state index in [-0.39, 0.29) is 12.6 Å². The average molecular weight is 402 g/mol. The Morgan fingerprint density at radius 2 is 1.93 bits per heavy atom. The van der Waals surface area contributed by atoms with Crippen LogP contribution in [0.3, 0.4) is 0 Å². The molecule has 0 radical (unpaired) electrons. The third-order valence-corrected chi connectivity index (χ3v) is 5.29. The Bertz CT molecular complexity index is 762. The van der Waals surface area contributed by atoms with E-state index in [0.717, 1.165) is 38.2 Å². The van der Waals surface area contributed by atoms with Crippen molar-refractivity contribution in [2.24, 2.45) is 0 Å². The van der Waals surface area contributed by atoms with Gasteiger partial charge in [0.05, 0.1) is 25.3 Å². The van der Waals surface area contributed by atoms with Gasteiger partial charge in [-0.25, -0.2) is 9.59 Å². The van der Waals surface area contributed by atoms with Gasteiger partial charge in [-0.3, -0.25) is 4.90 Å². The van der Waals surface area contributed by atoms with Gasteiger partial charge in [-0.15, -0.1) is 0 Å². The van der Waals surface area contributed by atoms with Gasteiger partial charge in [0, 0.05) is 25.3 Å². The number of nitrogens with one attached hydrogen (secondary N) is 2. The number of esters is 1. The first kappa shape index (κ1) is 21.1. The molecule has 2 aliphatic rings. The number of carbonyl (C=O) groups excluding carboxylic acids is 2. The summed E-state index contributed by atoms with van der Waals surface area (Å²) in [5.41, 5.74) is 1.86. The minimum absolute atomic E-state index is 0.271. The molecular formula is C21H30N4O4. The Hall–Kier alpha value is -2.58. The van der Waals surface area contributed by atoms with Crippen molar-refractivity contribution in [2.45, 2.75) is 19.4 Å². The van der Waals surface area contributed by atoms with Crippen molar-refractivity contribution in [3.8, 4) is 5.75 Å². The maximum absolute atomic E-state index is 12.9. The zero-order chi connectivity index (χ0) is 20.8. The third kappa shape index (κ3) is 5.27. The number of methoxy groups -OCH3 is 1. The smallest absolute Gasteiger partial charge is 0.338 e. The standard InChI is InChI=1S/C21H30N4O4/c1-4-29-20(26)18-17(14-25-11-5-10-24(2)12-13-25)22-21(27)23-19(18)15-6-8-16(28-3)9-7-15/h6-9,19H,4-5,10-14H2,1-3H3,(H2,22,23,27)/t19-/m0/s1. The maximum atomic E-state index is 12.9. The first-order chi connectivity index (χ1) is 14.0. The second-order valence-electron chi connectivity index (χ2n) is 7.35. The van der Waals surface area contributed by atoms with Crippen LogP contribution in [0.25, 0.3) is 0 Å². The predicted octanol–water partition coefficient (Wildman–Crippen LogP) is 1.50. The summed E-state index contributed by atoms with van der Waals surface area (Å²) in [5, 5.41) is 5.73. The zero-order valence-corrected chi connectivity index (χ0v) is 17.4. The first-order valence-electron chi connectivity index (χ1n) is 10.0. The molecule has 8 nitrogen and oxygen atoms in total. The fraction of sp³-hybridized carbons (Fsp3) is 0.524. The van der Waals surface area contributed by atoms with Crippen LogP contribution in [0.2, 0.25) is 0 Å². The van der Waals surface area contributed by atoms with Gasteiger partial charge in [0.15, 0.2) is 0 Å². The van der Waals surface area contributed by atoms with Crippen LogP contribution in [0.5, 0.6) is 5.75 Å². The summed E-state index contributed by atoms with van der Waals surface area (Å²) in [7, 11) is 3.71. The Morgan fingerprint density at radius 3 is 2.62 bits per heavy atom. The molecule has 158 valence electrons. The number of carbonyl (C=O) groups is 2. The van der Waals surface area contributed by atoms with Crippen LogP contribution in [0.1, 0.15) is 24.9 Å². The second-order valence-corrected chi connectivity index (χ2v) is 7.35. The highest BCUT2D eigenvalue weighted by atomic mass is 16.5. The highest BCUT2D eigenvalue weighted by Gasteiger charge is 2.34. The molecule has 0 bridgehead atoms. The highest BCUT2D eigenvalue weighted by molar-refractivity contribution is 5.95. The van der Waals surface area contributed by atoms with Crippen molar-refractivity contribution in [2.75, 3.05) is 53.5 Å². The molecule has 2 amide bonds. The van der Waals surface area contributed by atoms with Crippen LogP contribution in [0, 0.1) is 0 Å². The molecule has 29 heavy (non-hydrogen) atoms. The van der Waals surface area contributed by atoms with Crippen molar-refractivity contribution >= 4 is 12.0 Å². The van der Waals surface area contributed by atoms with E-state index >= 15 is 0 Å². The molecule has 1 aromatic carbocycles. The third-order valence-electron chi connectivity index (χ3n) is 5.29. The van der Waals surface area contributed by atoms with E-state index in [1.165, 1.54) is 0 Å². The van der Waals surface area contributed by atoms with Gasteiger partial charge in [0.1, 0.15) is 5.75 Å². The van der Waals surface area contributed by atoms with E-state index in [9.17, 15) is 9.59 Å². The van der Waals surface area contributed by atoms with Crippen LogP contribution in [-0.2, 0) is 9.53 Å². The van der Waals surface area contributed by atoms with Gasteiger partial charge in [-0.1, -0.05) is 12.1 Å². The van der Waals surface area contributed by atoms with E-state index in [2.05, 4.69) is 27.5 Å². The summed E-state index contributed by atoms with van der Waals surface area (Å²) in [5.74, 6) is 0.298. The highest BCUT2D eigenvalue weighted by Crippen LogP contribution is 2.29. The zero-order valence-electron chi connectivity index (χ0n) is 17.4. The van der Waals surface area contributed by atoms with E-state index in [4.69, 9.17) is 9.47 Å². The molecule has 0 aliphatic carbocycles. The van der Waals surface area contributed by atoms with Crippen molar-refractivity contribution in [3.63, 3.8) is 0 Å². The minimum Gasteiger partial charge on any atom is -0.497 e. The summed E-state index contributed by atoms with van der Waals surface area (Å²) >= 11 is 0. The number of benzene rings is 1. The fourth-order valence-electron chi connectivity index (χ4n) is 3.72. The topological polar surface area (TPSA) is 83.1 Å². The van der Waals surface area contributed by atoms with Crippen LogP contribution in [0.4, 0.5) is 4.79 Å². The fourth-order valence-corrected chi connectivity index (χ4v) is 3.72. The number of hydrogen-bond acceptors (Lipinski definition) is 6. The average Bonchev–Trinajstić information content (AvgIpc) is 2.92. The molecule has 1 saturated heterocycles. The lowest BCUT2D eigenvalue weighted by atomic mass is 9.95. The van der Waals surface area contributed by atoms with Gasteiger partial charge >= 0.3 is 12.0 Å². The van der Waals surface area contributed by atoms with Crippen LogP contribution >= 0.6 is 0 Å². The predicted molar refractivity (Wildman–Crippen MR) is 110 cm³/mol. The molecule has 2 N–H and O–H groups in total. The number of likely N-dealkylation sites (N-methyl/N-ethyl adjacent to an activating group) is 1. The van der Waals surface area contributed by atoms with E-state index in [0.29, 0.717) is 23.6 Å². The quantitative estimate of drug-likeness (QED) is 0.702. The second kappa shape index (κ2) is 9.76. The van der Waals surface area contributed by atoms with Crippen molar-refractivity contribution < 1.29 is 19.1 Å². The molecule has 0 saturated carbocycles. The number of amides is 2. The van der Waals surface area contributed by atoms with Gasteiger partial charge in [0.25, 0.3) is 0 Å². The van der Waals surface area contributed by atoms with Gasteiger partial charge in [0.2, 0.25) is 0 Å². The van der Waals surface area contributed by atoms with E-state index in [1.54, 1.807) is 14.0 Å². The Balaban J connectivity index is 1.93. The van der Waals surface area contributed by atoms with Crippen LogP contribution < -0.4 is 15.4 Å². The van der Waals surface area contributed by atoms with E-state index in [1.807, 2.05) is 24.3 Å². The summed E-state index contributed by atoms with van der Waals surface area (Å²) < 4.78 is 10.6. The monoisotopic (exact) mass is 402 g/mol. The summed E-state index contributed by atoms with van der Waals surface area (Å²) in [6.45, 7) is 6.35. The first-order valence-corrected chi connectivity index (χ1v) is 10.0. The molecule has 3 rings (SSSR count). The number of rotatable bonds is 6. The van der Waals surface area contributed by atoms with Crippen LogP contribution in [-0.4, -0.2) is 75.3 Å². The maximum Gasteiger partial charge on any atom is 0.338 e. The minimum atomic E-state index is -0.571. The lowest BCUT2D eigenvalue weighted by Gasteiger charge is -2.32. The van der Waals surface area contributed by atoms with Gasteiger partial charge in [-0.2, -0.15) is 0 Å². The molecule has 1 fully saturated rings. The number of ether oxygens (including phenoxy) is 2. The van der Waals surface area contributed by atoms with Gasteiger partial charge < -0.3 is 25.0 Å². The normalized spacial score (nSPS) is 21.2. The lowest BCUT2D eigenvalue weighted by Crippen LogP contribution is -2.48. The Labute approximate surface area is 171 Å². The molecule has 0 unspecified atom stereocenters. The summed E-state index contributed by atoms with van der Waals surface area (Å²) in [6.07, 6.45) is 1.05. The van der Waals surface area contributed by atoms with Crippen molar-refractivity contribution in [1.29, 1.82) is 0 Å². The number of hydrogen-bond donors (Lipinski definition) is 2. The molecule has 1 aromatic rings. The molecule has 0 aromatic heterocycles. The molecule has 1 atom stereocenters.